The van der Waals surface area contributed by atoms with Crippen molar-refractivity contribution in [1.82, 2.24) is 9.97 Å². The second-order valence-electron chi connectivity index (χ2n) is 14.7. The lowest BCUT2D eigenvalue weighted by Crippen LogP contribution is -2.32. The highest BCUT2D eigenvalue weighted by Crippen LogP contribution is 2.47. The van der Waals surface area contributed by atoms with E-state index in [2.05, 4.69) is 82.8 Å². The zero-order valence-corrected chi connectivity index (χ0v) is 36.9. The van der Waals surface area contributed by atoms with E-state index in [9.17, 15) is 9.59 Å². The molecule has 2 N–H and O–H groups in total. The fraction of sp³-hybridized carbons (Fsp3) is 0. The molecule has 62 heavy (non-hydrogen) atoms. The second kappa shape index (κ2) is 17.8. The van der Waals surface area contributed by atoms with Crippen LogP contribution in [0.25, 0.3) is 43.8 Å². The van der Waals surface area contributed by atoms with Crippen LogP contribution in [0.15, 0.2) is 240 Å². The molecular formula is C54H40N2O2P2S2. The van der Waals surface area contributed by atoms with E-state index in [4.69, 9.17) is 23.6 Å². The Hall–Kier alpha value is -6.52. The first kappa shape index (κ1) is 40.9. The second-order valence-corrected chi connectivity index (χ2v) is 23.4. The van der Waals surface area contributed by atoms with Crippen molar-refractivity contribution in [3.8, 4) is 22.3 Å². The van der Waals surface area contributed by atoms with Gasteiger partial charge in [-0.25, -0.2) is 0 Å². The smallest absolute Gasteiger partial charge is 0.256 e. The summed E-state index contributed by atoms with van der Waals surface area (Å²) in [6.45, 7) is 0. The molecule has 300 valence electrons. The average Bonchev–Trinajstić information content (AvgIpc) is 3.35. The van der Waals surface area contributed by atoms with Crippen molar-refractivity contribution < 1.29 is 0 Å². The van der Waals surface area contributed by atoms with E-state index in [1.165, 1.54) is 0 Å². The van der Waals surface area contributed by atoms with Crippen molar-refractivity contribution in [3.63, 3.8) is 0 Å². The van der Waals surface area contributed by atoms with Gasteiger partial charge in [0, 0.05) is 21.9 Å². The van der Waals surface area contributed by atoms with E-state index in [1.54, 1.807) is 0 Å². The molecule has 0 saturated heterocycles. The largest absolute Gasteiger partial charge is 0.320 e. The molecule has 8 aromatic carbocycles. The minimum Gasteiger partial charge on any atom is -0.320 e. The van der Waals surface area contributed by atoms with Crippen LogP contribution in [-0.2, 0) is 23.6 Å². The van der Waals surface area contributed by atoms with Crippen LogP contribution >= 0.6 is 12.1 Å². The predicted molar refractivity (Wildman–Crippen MR) is 272 cm³/mol. The van der Waals surface area contributed by atoms with Gasteiger partial charge in [0.05, 0.1) is 22.9 Å². The Morgan fingerprint density at radius 3 is 0.790 bits per heavy atom. The van der Waals surface area contributed by atoms with Gasteiger partial charge in [0.25, 0.3) is 11.1 Å². The summed E-state index contributed by atoms with van der Waals surface area (Å²) in [7, 11) is 0. The normalized spacial score (nSPS) is 11.5. The van der Waals surface area contributed by atoms with Crippen LogP contribution in [0.2, 0.25) is 0 Å². The van der Waals surface area contributed by atoms with Crippen molar-refractivity contribution in [2.45, 2.75) is 0 Å². The molecule has 0 unspecified atom stereocenters. The molecule has 10 aromatic rings. The maximum Gasteiger partial charge on any atom is 0.256 e. The van der Waals surface area contributed by atoms with Gasteiger partial charge in [-0.1, -0.05) is 242 Å². The molecule has 0 radical (unpaired) electrons. The van der Waals surface area contributed by atoms with Crippen LogP contribution in [0, 0.1) is 0 Å². The monoisotopic (exact) mass is 874 g/mol. The van der Waals surface area contributed by atoms with Gasteiger partial charge in [-0.2, -0.15) is 0 Å². The molecule has 0 atom stereocenters. The summed E-state index contributed by atoms with van der Waals surface area (Å²) in [5, 5.41) is 7.42. The van der Waals surface area contributed by atoms with Gasteiger partial charge in [0.2, 0.25) is 0 Å². The average molecular weight is 875 g/mol. The molecule has 0 aliphatic carbocycles. The molecule has 0 aliphatic heterocycles. The Kier molecular flexibility index (Phi) is 11.8. The number of aromatic nitrogens is 2. The topological polar surface area (TPSA) is 65.7 Å². The number of fused-ring (bicyclic) bond motifs is 2. The molecule has 0 spiro atoms. The van der Waals surface area contributed by atoms with Gasteiger partial charge in [0.15, 0.2) is 0 Å². The fourth-order valence-corrected chi connectivity index (χ4v) is 16.1. The number of pyridine rings is 2. The Bertz CT molecular complexity index is 3070. The lowest BCUT2D eigenvalue weighted by Gasteiger charge is -2.27. The third-order valence-corrected chi connectivity index (χ3v) is 20.7. The molecule has 0 amide bonds. The third-order valence-electron chi connectivity index (χ3n) is 11.1. The fourth-order valence-electron chi connectivity index (χ4n) is 8.16. The summed E-state index contributed by atoms with van der Waals surface area (Å²) in [6.07, 6.45) is 0. The van der Waals surface area contributed by atoms with E-state index < -0.39 is 12.1 Å². The van der Waals surface area contributed by atoms with Gasteiger partial charge in [0.1, 0.15) is 0 Å². The summed E-state index contributed by atoms with van der Waals surface area (Å²) in [4.78, 5) is 32.9. The van der Waals surface area contributed by atoms with E-state index in [0.29, 0.717) is 10.8 Å². The van der Waals surface area contributed by atoms with Crippen LogP contribution in [0.4, 0.5) is 0 Å². The molecule has 10 rings (SSSR count). The minimum atomic E-state index is -2.53. The molecular weight excluding hydrogens is 835 g/mol. The molecule has 2 heterocycles. The van der Waals surface area contributed by atoms with Crippen LogP contribution in [0.1, 0.15) is 0 Å². The SMILES string of the molecule is O=c1[nH]c(P(=S)(c2ccccc2)c2ccccc2)c(-c2ccccc2)c2ccccc12.O=c1[nH]c(P(=S)(c2ccccc2)c2ccccc2)c(-c2ccccc2)c2ccccc12. The Morgan fingerprint density at radius 2 is 0.516 bits per heavy atom. The zero-order chi connectivity index (χ0) is 42.5. The summed E-state index contributed by atoms with van der Waals surface area (Å²) in [6, 6.07) is 71.6. The van der Waals surface area contributed by atoms with Gasteiger partial charge in [-0.05, 0) is 55.3 Å². The van der Waals surface area contributed by atoms with Crippen LogP contribution < -0.4 is 43.2 Å². The lowest BCUT2D eigenvalue weighted by atomic mass is 10.0. The van der Waals surface area contributed by atoms with E-state index in [-0.39, 0.29) is 11.1 Å². The highest BCUT2D eigenvalue weighted by atomic mass is 32.4. The number of rotatable bonds is 8. The predicted octanol–water partition coefficient (Wildman–Crippen LogP) is 9.90. The molecule has 8 heteroatoms. The first-order chi connectivity index (χ1) is 30.4. The minimum absolute atomic E-state index is 0.105. The zero-order valence-electron chi connectivity index (χ0n) is 33.5. The maximum atomic E-state index is 13.2. The Labute approximate surface area is 370 Å². The summed E-state index contributed by atoms with van der Waals surface area (Å²) in [5.74, 6) is 0. The lowest BCUT2D eigenvalue weighted by molar-refractivity contribution is 1.33. The number of hydrogen-bond donors (Lipinski definition) is 2. The number of nitrogens with one attached hydrogen (secondary N) is 2. The number of H-pyrrole nitrogens is 2. The standard InChI is InChI=1S/2C27H20NOPS/c2*29-26-24-19-11-10-18-23(24)25(20-12-4-1-5-13-20)27(28-26)30(31,21-14-6-2-7-15-21)22-16-8-3-9-17-22/h2*1-19H,(H,28,29). The number of hydrogen-bond acceptors (Lipinski definition) is 4. The van der Waals surface area contributed by atoms with Gasteiger partial charge in [-0.15, -0.1) is 0 Å². The first-order valence-electron chi connectivity index (χ1n) is 20.2. The highest BCUT2D eigenvalue weighted by molar-refractivity contribution is 8.26. The van der Waals surface area contributed by atoms with Crippen molar-refractivity contribution in [2.24, 2.45) is 0 Å². The number of benzene rings is 8. The Balaban J connectivity index is 0.000000158. The molecule has 2 aromatic heterocycles. The quantitative estimate of drug-likeness (QED) is 0.149. The van der Waals surface area contributed by atoms with Gasteiger partial charge >= 0.3 is 0 Å². The Morgan fingerprint density at radius 1 is 0.290 bits per heavy atom. The van der Waals surface area contributed by atoms with Gasteiger partial charge < -0.3 is 9.97 Å². The first-order valence-corrected chi connectivity index (χ1v) is 25.8. The van der Waals surface area contributed by atoms with Crippen LogP contribution in [-0.4, -0.2) is 9.97 Å². The van der Waals surface area contributed by atoms with Crippen LogP contribution in [0.3, 0.4) is 0 Å². The number of aromatic amines is 2. The molecule has 0 fully saturated rings. The molecule has 4 nitrogen and oxygen atoms in total. The third kappa shape index (κ3) is 7.57. The molecule has 0 saturated carbocycles. The van der Waals surface area contributed by atoms with Crippen molar-refractivity contribution in [2.75, 3.05) is 0 Å². The van der Waals surface area contributed by atoms with E-state index in [0.717, 1.165) is 65.1 Å². The van der Waals surface area contributed by atoms with Crippen molar-refractivity contribution in [3.05, 3.63) is 251 Å². The van der Waals surface area contributed by atoms with Crippen LogP contribution in [0.5, 0.6) is 0 Å². The van der Waals surface area contributed by atoms with Crippen molar-refractivity contribution >= 4 is 89.3 Å². The summed E-state index contributed by atoms with van der Waals surface area (Å²) < 4.78 is 0. The molecule has 0 bridgehead atoms. The van der Waals surface area contributed by atoms with E-state index in [1.807, 2.05) is 158 Å². The summed E-state index contributed by atoms with van der Waals surface area (Å²) in [5.41, 5.74) is 5.55. The maximum absolute atomic E-state index is 13.2. The van der Waals surface area contributed by atoms with E-state index >= 15 is 0 Å². The molecule has 0 aliphatic rings. The summed E-state index contributed by atoms with van der Waals surface area (Å²) >= 11 is 13.1. The van der Waals surface area contributed by atoms with Crippen molar-refractivity contribution in [1.29, 1.82) is 0 Å². The van der Waals surface area contributed by atoms with Gasteiger partial charge in [-0.3, -0.25) is 9.59 Å². The highest BCUT2D eigenvalue weighted by Gasteiger charge is 2.32.